The highest BCUT2D eigenvalue weighted by molar-refractivity contribution is 5.97. The van der Waals surface area contributed by atoms with Crippen molar-refractivity contribution in [2.24, 2.45) is 5.41 Å². The summed E-state index contributed by atoms with van der Waals surface area (Å²) in [7, 11) is 4.09. The molecule has 1 fully saturated rings. The van der Waals surface area contributed by atoms with Gasteiger partial charge >= 0.3 is 0 Å². The van der Waals surface area contributed by atoms with Crippen LogP contribution in [0, 0.1) is 5.41 Å². The Morgan fingerprint density at radius 2 is 1.81 bits per heavy atom. The maximum atomic E-state index is 12.7. The highest BCUT2D eigenvalue weighted by Gasteiger charge is 2.44. The van der Waals surface area contributed by atoms with E-state index < -0.39 is 6.04 Å². The minimum absolute atomic E-state index is 0.00960. The fraction of sp³-hybridized carbons (Fsp3) is 0.875. The van der Waals surface area contributed by atoms with Gasteiger partial charge in [-0.25, -0.2) is 0 Å². The smallest absolute Gasteiger partial charge is 0.246 e. The van der Waals surface area contributed by atoms with Crippen molar-refractivity contribution in [3.63, 3.8) is 0 Å². The fourth-order valence-electron chi connectivity index (χ4n) is 2.73. The van der Waals surface area contributed by atoms with Gasteiger partial charge in [0.05, 0.1) is 0 Å². The van der Waals surface area contributed by atoms with Gasteiger partial charge in [0.15, 0.2) is 0 Å². The molecule has 1 saturated heterocycles. The third-order valence-corrected chi connectivity index (χ3v) is 4.00. The van der Waals surface area contributed by atoms with Crippen molar-refractivity contribution >= 4 is 11.8 Å². The van der Waals surface area contributed by atoms with Crippen LogP contribution in [0.15, 0.2) is 0 Å². The quantitative estimate of drug-likeness (QED) is 0.756. The van der Waals surface area contributed by atoms with E-state index >= 15 is 0 Å². The Balaban J connectivity index is 2.75. The van der Waals surface area contributed by atoms with Gasteiger partial charge in [0.1, 0.15) is 12.1 Å². The van der Waals surface area contributed by atoms with Crippen LogP contribution in [-0.2, 0) is 9.59 Å². The Morgan fingerprint density at radius 3 is 2.29 bits per heavy atom. The van der Waals surface area contributed by atoms with Gasteiger partial charge in [0.2, 0.25) is 11.8 Å². The first-order valence-electron chi connectivity index (χ1n) is 7.94. The summed E-state index contributed by atoms with van der Waals surface area (Å²) in [4.78, 5) is 28.9. The summed E-state index contributed by atoms with van der Waals surface area (Å²) in [6.45, 7) is 9.62. The topological polar surface area (TPSA) is 52.7 Å². The molecule has 0 spiro atoms. The van der Waals surface area contributed by atoms with Crippen LogP contribution in [-0.4, -0.2) is 60.9 Å². The van der Waals surface area contributed by atoms with E-state index in [4.69, 9.17) is 0 Å². The summed E-state index contributed by atoms with van der Waals surface area (Å²) >= 11 is 0. The third-order valence-electron chi connectivity index (χ3n) is 4.00. The van der Waals surface area contributed by atoms with E-state index in [-0.39, 0.29) is 23.3 Å². The number of nitrogens with zero attached hydrogens (tertiary/aromatic N) is 2. The average Bonchev–Trinajstić information content (AvgIpc) is 2.36. The van der Waals surface area contributed by atoms with Crippen LogP contribution in [0.4, 0.5) is 0 Å². The highest BCUT2D eigenvalue weighted by Crippen LogP contribution is 2.26. The normalized spacial score (nSPS) is 23.7. The number of nitrogens with one attached hydrogen (secondary N) is 1. The van der Waals surface area contributed by atoms with E-state index in [9.17, 15) is 9.59 Å². The Labute approximate surface area is 129 Å². The van der Waals surface area contributed by atoms with Crippen molar-refractivity contribution in [3.05, 3.63) is 0 Å². The molecule has 2 atom stereocenters. The molecule has 0 bridgehead atoms. The first-order valence-corrected chi connectivity index (χ1v) is 7.94. The molecule has 1 rings (SSSR count). The molecule has 21 heavy (non-hydrogen) atoms. The number of amides is 2. The Hall–Kier alpha value is -1.10. The molecule has 0 aromatic heterocycles. The second-order valence-electron chi connectivity index (χ2n) is 7.27. The molecule has 0 radical (unpaired) electrons. The van der Waals surface area contributed by atoms with Crippen molar-refractivity contribution in [1.29, 1.82) is 0 Å². The summed E-state index contributed by atoms with van der Waals surface area (Å²) in [6, 6.07) is -0.725. The third kappa shape index (κ3) is 4.70. The van der Waals surface area contributed by atoms with Crippen LogP contribution in [0.1, 0.15) is 47.0 Å². The zero-order valence-electron chi connectivity index (χ0n) is 14.4. The van der Waals surface area contributed by atoms with Gasteiger partial charge in [-0.2, -0.15) is 0 Å². The second-order valence-corrected chi connectivity index (χ2v) is 7.27. The van der Waals surface area contributed by atoms with Crippen LogP contribution >= 0.6 is 0 Å². The van der Waals surface area contributed by atoms with Crippen LogP contribution in [0.5, 0.6) is 0 Å². The molecular formula is C16H31N3O2. The van der Waals surface area contributed by atoms with Gasteiger partial charge in [0.25, 0.3) is 0 Å². The van der Waals surface area contributed by atoms with Crippen molar-refractivity contribution in [3.8, 4) is 0 Å². The molecule has 5 heteroatoms. The van der Waals surface area contributed by atoms with Gasteiger partial charge in [-0.05, 0) is 45.3 Å². The molecule has 1 heterocycles. The zero-order chi connectivity index (χ0) is 16.2. The summed E-state index contributed by atoms with van der Waals surface area (Å²) in [5.41, 5.74) is -0.257. The molecule has 1 aliphatic heterocycles. The predicted molar refractivity (Wildman–Crippen MR) is 85.0 cm³/mol. The molecule has 0 aromatic carbocycles. The molecule has 2 unspecified atom stereocenters. The first-order chi connectivity index (χ1) is 9.68. The van der Waals surface area contributed by atoms with Gasteiger partial charge in [-0.15, -0.1) is 0 Å². The summed E-state index contributed by atoms with van der Waals surface area (Å²) in [5.74, 6) is 0.0587. The lowest BCUT2D eigenvalue weighted by Crippen LogP contribution is -2.66. The Bertz CT molecular complexity index is 374. The fourth-order valence-corrected chi connectivity index (χ4v) is 2.73. The highest BCUT2D eigenvalue weighted by atomic mass is 16.2. The number of hydrogen-bond donors (Lipinski definition) is 1. The minimum atomic E-state index is -0.415. The molecule has 1 N–H and O–H groups in total. The lowest BCUT2D eigenvalue weighted by atomic mass is 9.83. The summed E-state index contributed by atoms with van der Waals surface area (Å²) < 4.78 is 0. The Morgan fingerprint density at radius 1 is 1.19 bits per heavy atom. The molecule has 0 aliphatic carbocycles. The van der Waals surface area contributed by atoms with E-state index in [0.717, 1.165) is 19.4 Å². The van der Waals surface area contributed by atoms with Gasteiger partial charge in [0, 0.05) is 6.54 Å². The van der Waals surface area contributed by atoms with Crippen LogP contribution in [0.2, 0.25) is 0 Å². The SMILES string of the molecule is CCC1C(=O)NC(C(C)(C)C)C(=O)N1CCCCN(C)C. The standard InChI is InChI=1S/C16H31N3O2/c1-7-12-14(20)17-13(16(2,3)4)15(21)19(12)11-9-8-10-18(5)6/h12-13H,7-11H2,1-6H3,(H,17,20). The molecular weight excluding hydrogens is 266 g/mol. The first kappa shape index (κ1) is 18.0. The lowest BCUT2D eigenvalue weighted by Gasteiger charge is -2.43. The molecule has 0 aromatic rings. The maximum Gasteiger partial charge on any atom is 0.246 e. The average molecular weight is 297 g/mol. The predicted octanol–water partition coefficient (Wildman–Crippen LogP) is 1.48. The van der Waals surface area contributed by atoms with Crippen LogP contribution < -0.4 is 5.32 Å². The van der Waals surface area contributed by atoms with E-state index in [1.165, 1.54) is 0 Å². The van der Waals surface area contributed by atoms with Crippen LogP contribution in [0.25, 0.3) is 0 Å². The van der Waals surface area contributed by atoms with E-state index in [1.807, 2.05) is 41.8 Å². The number of carbonyl (C=O) groups is 2. The van der Waals surface area contributed by atoms with Gasteiger partial charge in [-0.3, -0.25) is 9.59 Å². The summed E-state index contributed by atoms with van der Waals surface area (Å²) in [5, 5.41) is 2.91. The van der Waals surface area contributed by atoms with Gasteiger partial charge in [-0.1, -0.05) is 27.7 Å². The van der Waals surface area contributed by atoms with E-state index in [1.54, 1.807) is 4.90 Å². The number of piperazine rings is 1. The van der Waals surface area contributed by atoms with Gasteiger partial charge < -0.3 is 15.1 Å². The van der Waals surface area contributed by atoms with Crippen molar-refractivity contribution in [2.45, 2.75) is 59.0 Å². The Kier molecular flexibility index (Phi) is 6.20. The molecule has 122 valence electrons. The molecule has 5 nitrogen and oxygen atoms in total. The molecule has 0 saturated carbocycles. The number of rotatable bonds is 6. The second kappa shape index (κ2) is 7.25. The van der Waals surface area contributed by atoms with E-state index in [2.05, 4.69) is 10.2 Å². The van der Waals surface area contributed by atoms with Crippen molar-refractivity contribution < 1.29 is 9.59 Å². The molecule has 1 aliphatic rings. The number of carbonyl (C=O) groups excluding carboxylic acids is 2. The minimum Gasteiger partial charge on any atom is -0.342 e. The zero-order valence-corrected chi connectivity index (χ0v) is 14.4. The largest absolute Gasteiger partial charge is 0.342 e. The lowest BCUT2D eigenvalue weighted by molar-refractivity contribution is -0.152. The maximum absolute atomic E-state index is 12.7. The number of hydrogen-bond acceptors (Lipinski definition) is 3. The van der Waals surface area contributed by atoms with Crippen molar-refractivity contribution in [1.82, 2.24) is 15.1 Å². The van der Waals surface area contributed by atoms with E-state index in [0.29, 0.717) is 13.0 Å². The monoisotopic (exact) mass is 297 g/mol. The van der Waals surface area contributed by atoms with Crippen LogP contribution in [0.3, 0.4) is 0 Å². The molecule has 2 amide bonds. The number of unbranched alkanes of at least 4 members (excludes halogenated alkanes) is 1. The summed E-state index contributed by atoms with van der Waals surface area (Å²) in [6.07, 6.45) is 2.64. The van der Waals surface area contributed by atoms with Crippen molar-refractivity contribution in [2.75, 3.05) is 27.2 Å².